The van der Waals surface area contributed by atoms with Gasteiger partial charge in [-0.1, -0.05) is 17.7 Å². The molecule has 0 atom stereocenters. The van der Waals surface area contributed by atoms with Crippen molar-refractivity contribution in [2.24, 2.45) is 0 Å². The fourth-order valence-electron chi connectivity index (χ4n) is 2.19. The Morgan fingerprint density at radius 1 is 1.16 bits per heavy atom. The van der Waals surface area contributed by atoms with Crippen LogP contribution >= 0.6 is 11.6 Å². The summed E-state index contributed by atoms with van der Waals surface area (Å²) < 4.78 is 10.3. The number of carbonyl (C=O) groups is 2. The van der Waals surface area contributed by atoms with E-state index in [0.717, 1.165) is 11.3 Å². The molecule has 0 saturated heterocycles. The third-order valence-corrected chi connectivity index (χ3v) is 3.94. The van der Waals surface area contributed by atoms with Crippen molar-refractivity contribution in [3.05, 3.63) is 58.6 Å². The maximum Gasteiger partial charge on any atom is 0.337 e. The van der Waals surface area contributed by atoms with Crippen molar-refractivity contribution in [3.8, 4) is 5.75 Å². The highest BCUT2D eigenvalue weighted by molar-refractivity contribution is 6.31. The Labute approximate surface area is 151 Å². The van der Waals surface area contributed by atoms with Crippen molar-refractivity contribution in [3.63, 3.8) is 0 Å². The predicted molar refractivity (Wildman–Crippen MR) is 97.3 cm³/mol. The summed E-state index contributed by atoms with van der Waals surface area (Å²) >= 11 is 5.96. The van der Waals surface area contributed by atoms with E-state index in [9.17, 15) is 9.59 Å². The van der Waals surface area contributed by atoms with Crippen LogP contribution in [0.3, 0.4) is 0 Å². The van der Waals surface area contributed by atoms with Crippen LogP contribution in [0.15, 0.2) is 42.5 Å². The minimum absolute atomic E-state index is 0.141. The molecule has 0 bridgehead atoms. The van der Waals surface area contributed by atoms with Crippen LogP contribution in [0.2, 0.25) is 5.02 Å². The van der Waals surface area contributed by atoms with Gasteiger partial charge in [0.2, 0.25) is 5.91 Å². The predicted octanol–water partition coefficient (Wildman–Crippen LogP) is 4.23. The van der Waals surface area contributed by atoms with Gasteiger partial charge in [0.15, 0.2) is 0 Å². The molecule has 0 aliphatic carbocycles. The molecule has 0 aliphatic heterocycles. The second-order valence-corrected chi connectivity index (χ2v) is 5.89. The van der Waals surface area contributed by atoms with Crippen LogP contribution in [0.1, 0.15) is 28.8 Å². The molecule has 5 nitrogen and oxygen atoms in total. The standard InChI is InChI=1S/C19H20ClNO4/c1-13-11-16(8-9-17(13)20)25-10-4-7-18(22)21-15-6-3-5-14(12-15)19(23)24-2/h3,5-6,8-9,11-12H,4,7,10H2,1-2H3,(H,21,22). The second kappa shape index (κ2) is 9.08. The summed E-state index contributed by atoms with van der Waals surface area (Å²) in [7, 11) is 1.32. The van der Waals surface area contributed by atoms with E-state index in [1.807, 2.05) is 13.0 Å². The van der Waals surface area contributed by atoms with Crippen molar-refractivity contribution in [2.45, 2.75) is 19.8 Å². The minimum Gasteiger partial charge on any atom is -0.494 e. The number of esters is 1. The molecular weight excluding hydrogens is 342 g/mol. The van der Waals surface area contributed by atoms with E-state index in [0.29, 0.717) is 35.7 Å². The van der Waals surface area contributed by atoms with Crippen LogP contribution in [0.25, 0.3) is 0 Å². The number of hydrogen-bond acceptors (Lipinski definition) is 4. The number of anilines is 1. The highest BCUT2D eigenvalue weighted by atomic mass is 35.5. The monoisotopic (exact) mass is 361 g/mol. The molecule has 2 aromatic carbocycles. The summed E-state index contributed by atoms with van der Waals surface area (Å²) in [6, 6.07) is 12.1. The van der Waals surface area contributed by atoms with E-state index < -0.39 is 5.97 Å². The molecule has 2 aromatic rings. The molecular formula is C19H20ClNO4. The molecule has 0 spiro atoms. The Kier molecular flexibility index (Phi) is 6.83. The molecule has 0 aromatic heterocycles. The number of amides is 1. The van der Waals surface area contributed by atoms with Crippen LogP contribution in [-0.4, -0.2) is 25.6 Å². The molecule has 1 N–H and O–H groups in total. The van der Waals surface area contributed by atoms with Crippen molar-refractivity contribution in [2.75, 3.05) is 19.0 Å². The zero-order valence-corrected chi connectivity index (χ0v) is 14.9. The van der Waals surface area contributed by atoms with Gasteiger partial charge in [0.25, 0.3) is 0 Å². The van der Waals surface area contributed by atoms with E-state index in [1.54, 1.807) is 36.4 Å². The first-order chi connectivity index (χ1) is 12.0. The second-order valence-electron chi connectivity index (χ2n) is 5.48. The van der Waals surface area contributed by atoms with Gasteiger partial charge in [0, 0.05) is 17.1 Å². The van der Waals surface area contributed by atoms with Gasteiger partial charge in [0.05, 0.1) is 19.3 Å². The van der Waals surface area contributed by atoms with Crippen molar-refractivity contribution in [1.82, 2.24) is 0 Å². The molecule has 132 valence electrons. The van der Waals surface area contributed by atoms with Gasteiger partial charge in [0.1, 0.15) is 5.75 Å². The Hall–Kier alpha value is -2.53. The molecule has 0 aliphatic rings. The largest absolute Gasteiger partial charge is 0.494 e. The number of nitrogens with one attached hydrogen (secondary N) is 1. The van der Waals surface area contributed by atoms with Crippen LogP contribution in [-0.2, 0) is 9.53 Å². The molecule has 0 radical (unpaired) electrons. The number of aryl methyl sites for hydroxylation is 1. The molecule has 0 heterocycles. The lowest BCUT2D eigenvalue weighted by Gasteiger charge is -2.09. The number of rotatable bonds is 7. The highest BCUT2D eigenvalue weighted by Crippen LogP contribution is 2.21. The summed E-state index contributed by atoms with van der Waals surface area (Å²) in [5.41, 5.74) is 1.89. The number of methoxy groups -OCH3 is 1. The lowest BCUT2D eigenvalue weighted by molar-refractivity contribution is -0.116. The zero-order valence-electron chi connectivity index (χ0n) is 14.2. The summed E-state index contributed by atoms with van der Waals surface area (Å²) in [5, 5.41) is 3.45. The normalized spacial score (nSPS) is 10.2. The van der Waals surface area contributed by atoms with E-state index in [2.05, 4.69) is 10.1 Å². The van der Waals surface area contributed by atoms with E-state index in [1.165, 1.54) is 7.11 Å². The average Bonchev–Trinajstić information content (AvgIpc) is 2.61. The number of carbonyl (C=O) groups excluding carboxylic acids is 2. The number of benzene rings is 2. The Morgan fingerprint density at radius 3 is 2.68 bits per heavy atom. The summed E-state index contributed by atoms with van der Waals surface area (Å²) in [6.45, 7) is 2.34. The van der Waals surface area contributed by atoms with Crippen LogP contribution in [0.4, 0.5) is 5.69 Å². The summed E-state index contributed by atoms with van der Waals surface area (Å²) in [4.78, 5) is 23.5. The lowest BCUT2D eigenvalue weighted by atomic mass is 10.2. The van der Waals surface area contributed by atoms with E-state index in [-0.39, 0.29) is 5.91 Å². The van der Waals surface area contributed by atoms with Gasteiger partial charge in [-0.3, -0.25) is 4.79 Å². The minimum atomic E-state index is -0.442. The Balaban J connectivity index is 1.77. The van der Waals surface area contributed by atoms with Crippen molar-refractivity contribution in [1.29, 1.82) is 0 Å². The first-order valence-electron chi connectivity index (χ1n) is 7.87. The van der Waals surface area contributed by atoms with Crippen LogP contribution in [0, 0.1) is 6.92 Å². The summed E-state index contributed by atoms with van der Waals surface area (Å²) in [6.07, 6.45) is 0.888. The summed E-state index contributed by atoms with van der Waals surface area (Å²) in [5.74, 6) is 0.147. The van der Waals surface area contributed by atoms with Gasteiger partial charge in [-0.25, -0.2) is 4.79 Å². The Bertz CT molecular complexity index is 761. The number of ether oxygens (including phenoxy) is 2. The first kappa shape index (κ1) is 18.8. The fourth-order valence-corrected chi connectivity index (χ4v) is 2.31. The molecule has 0 fully saturated rings. The first-order valence-corrected chi connectivity index (χ1v) is 8.24. The third kappa shape index (κ3) is 5.80. The van der Waals surface area contributed by atoms with Crippen molar-refractivity contribution >= 4 is 29.2 Å². The van der Waals surface area contributed by atoms with E-state index >= 15 is 0 Å². The zero-order chi connectivity index (χ0) is 18.2. The van der Waals surface area contributed by atoms with E-state index in [4.69, 9.17) is 16.3 Å². The SMILES string of the molecule is COC(=O)c1cccc(NC(=O)CCCOc2ccc(Cl)c(C)c2)c1. The van der Waals surface area contributed by atoms with Gasteiger partial charge in [-0.05, 0) is 55.3 Å². The highest BCUT2D eigenvalue weighted by Gasteiger charge is 2.08. The maximum absolute atomic E-state index is 12.0. The molecule has 0 unspecified atom stereocenters. The maximum atomic E-state index is 12.0. The fraction of sp³-hybridized carbons (Fsp3) is 0.263. The number of hydrogen-bond donors (Lipinski definition) is 1. The van der Waals surface area contributed by atoms with Crippen molar-refractivity contribution < 1.29 is 19.1 Å². The lowest BCUT2D eigenvalue weighted by Crippen LogP contribution is -2.13. The Morgan fingerprint density at radius 2 is 1.96 bits per heavy atom. The smallest absolute Gasteiger partial charge is 0.337 e. The third-order valence-electron chi connectivity index (χ3n) is 3.51. The molecule has 25 heavy (non-hydrogen) atoms. The van der Waals surface area contributed by atoms with Crippen LogP contribution in [0.5, 0.6) is 5.75 Å². The van der Waals surface area contributed by atoms with Gasteiger partial charge >= 0.3 is 5.97 Å². The van der Waals surface area contributed by atoms with Gasteiger partial charge in [-0.2, -0.15) is 0 Å². The number of halogens is 1. The molecule has 2 rings (SSSR count). The average molecular weight is 362 g/mol. The topological polar surface area (TPSA) is 64.6 Å². The quantitative estimate of drug-likeness (QED) is 0.592. The van der Waals surface area contributed by atoms with Gasteiger partial charge in [-0.15, -0.1) is 0 Å². The molecule has 6 heteroatoms. The van der Waals surface area contributed by atoms with Crippen LogP contribution < -0.4 is 10.1 Å². The molecule has 0 saturated carbocycles. The van der Waals surface area contributed by atoms with Gasteiger partial charge < -0.3 is 14.8 Å². The molecule has 1 amide bonds.